The number of benzene rings is 2. The molecule has 0 saturated heterocycles. The Balaban J connectivity index is 0.00000288. The van der Waals surface area contributed by atoms with Crippen LogP contribution in [0.2, 0.25) is 0 Å². The van der Waals surface area contributed by atoms with Crippen molar-refractivity contribution in [3.63, 3.8) is 0 Å². The van der Waals surface area contributed by atoms with Crippen LogP contribution in [0.4, 0.5) is 0 Å². The molecule has 2 aromatic carbocycles. The first-order valence-corrected chi connectivity index (χ1v) is 7.35. The van der Waals surface area contributed by atoms with Crippen LogP contribution in [0.3, 0.4) is 0 Å². The van der Waals surface area contributed by atoms with E-state index < -0.39 is 0 Å². The van der Waals surface area contributed by atoms with E-state index in [2.05, 4.69) is 5.32 Å². The van der Waals surface area contributed by atoms with E-state index in [9.17, 15) is 0 Å². The number of ether oxygens (including phenoxy) is 4. The summed E-state index contributed by atoms with van der Waals surface area (Å²) < 4.78 is 21.4. The predicted molar refractivity (Wildman–Crippen MR) is 89.6 cm³/mol. The molecule has 0 spiro atoms. The predicted octanol–water partition coefficient (Wildman–Crippen LogP) is 0.0148. The van der Waals surface area contributed by atoms with Gasteiger partial charge in [-0.3, -0.25) is 0 Å². The molecule has 1 N–H and O–H groups in total. The molecule has 0 atom stereocenters. The molecule has 0 saturated carbocycles. The molecule has 5 nitrogen and oxygen atoms in total. The number of hydrogen-bond donors (Lipinski definition) is 1. The highest BCUT2D eigenvalue weighted by Crippen LogP contribution is 2.38. The molecule has 0 bridgehead atoms. The average Bonchev–Trinajstić information content (AvgIpc) is 2.61. The Morgan fingerprint density at radius 1 is 0.750 bits per heavy atom. The number of methoxy groups -OCH3 is 4. The SMILES string of the molecule is COc1ccccc1CNCc1cc(OC)c(OC)c(OC)c1.[Cl-]. The molecule has 2 aromatic rings. The van der Waals surface area contributed by atoms with Gasteiger partial charge >= 0.3 is 0 Å². The zero-order valence-corrected chi connectivity index (χ0v) is 15.1. The first-order chi connectivity index (χ1) is 11.2. The molecule has 0 fully saturated rings. The molecule has 0 heterocycles. The van der Waals surface area contributed by atoms with E-state index in [4.69, 9.17) is 18.9 Å². The molecule has 0 radical (unpaired) electrons. The third-order valence-electron chi connectivity index (χ3n) is 3.56. The summed E-state index contributed by atoms with van der Waals surface area (Å²) in [7, 11) is 6.50. The van der Waals surface area contributed by atoms with Crippen molar-refractivity contribution in [1.82, 2.24) is 5.32 Å². The molecule has 0 unspecified atom stereocenters. The van der Waals surface area contributed by atoms with E-state index in [1.54, 1.807) is 28.4 Å². The summed E-state index contributed by atoms with van der Waals surface area (Å²) in [6.07, 6.45) is 0. The minimum absolute atomic E-state index is 0. The fraction of sp³-hybridized carbons (Fsp3) is 0.333. The highest BCUT2D eigenvalue weighted by atomic mass is 35.5. The zero-order chi connectivity index (χ0) is 16.7. The van der Waals surface area contributed by atoms with Gasteiger partial charge in [-0.1, -0.05) is 18.2 Å². The third-order valence-corrected chi connectivity index (χ3v) is 3.56. The Kier molecular flexibility index (Phi) is 8.22. The molecule has 2 rings (SSSR count). The van der Waals surface area contributed by atoms with Gasteiger partial charge in [0.2, 0.25) is 5.75 Å². The lowest BCUT2D eigenvalue weighted by Crippen LogP contribution is -3.00. The Bertz CT molecular complexity index is 624. The van der Waals surface area contributed by atoms with Gasteiger partial charge < -0.3 is 36.7 Å². The van der Waals surface area contributed by atoms with Gasteiger partial charge in [0.15, 0.2) is 11.5 Å². The van der Waals surface area contributed by atoms with Crippen molar-refractivity contribution < 1.29 is 31.4 Å². The molecule has 0 amide bonds. The molecule has 0 aliphatic rings. The van der Waals surface area contributed by atoms with E-state index >= 15 is 0 Å². The minimum atomic E-state index is 0. The topological polar surface area (TPSA) is 49.0 Å². The smallest absolute Gasteiger partial charge is 0.203 e. The maximum absolute atomic E-state index is 5.37. The summed E-state index contributed by atoms with van der Waals surface area (Å²) in [4.78, 5) is 0. The summed E-state index contributed by atoms with van der Waals surface area (Å²) in [6.45, 7) is 1.38. The number of halogens is 1. The monoisotopic (exact) mass is 352 g/mol. The quantitative estimate of drug-likeness (QED) is 0.725. The largest absolute Gasteiger partial charge is 1.00 e. The summed E-state index contributed by atoms with van der Waals surface area (Å²) in [5, 5.41) is 3.40. The Morgan fingerprint density at radius 2 is 1.33 bits per heavy atom. The summed E-state index contributed by atoms with van der Waals surface area (Å²) in [5.74, 6) is 2.79. The minimum Gasteiger partial charge on any atom is -1.00 e. The molecule has 0 aliphatic heterocycles. The normalized spacial score (nSPS) is 9.83. The van der Waals surface area contributed by atoms with E-state index in [1.807, 2.05) is 36.4 Å². The molecule has 6 heteroatoms. The number of hydrogen-bond acceptors (Lipinski definition) is 5. The van der Waals surface area contributed by atoms with E-state index in [0.717, 1.165) is 16.9 Å². The average molecular weight is 353 g/mol. The van der Waals surface area contributed by atoms with Gasteiger partial charge in [0.25, 0.3) is 0 Å². The first kappa shape index (κ1) is 19.9. The van der Waals surface area contributed by atoms with Crippen molar-refractivity contribution in [2.45, 2.75) is 13.1 Å². The second-order valence-corrected chi connectivity index (χ2v) is 4.95. The lowest BCUT2D eigenvalue weighted by Gasteiger charge is -2.15. The highest BCUT2D eigenvalue weighted by molar-refractivity contribution is 5.53. The fourth-order valence-electron chi connectivity index (χ4n) is 2.43. The van der Waals surface area contributed by atoms with Crippen molar-refractivity contribution >= 4 is 0 Å². The molecular formula is C18H23ClNO4-. The maximum Gasteiger partial charge on any atom is 0.203 e. The number of nitrogens with one attached hydrogen (secondary N) is 1. The van der Waals surface area contributed by atoms with Crippen molar-refractivity contribution in [2.75, 3.05) is 28.4 Å². The summed E-state index contributed by atoms with van der Waals surface area (Å²) >= 11 is 0. The van der Waals surface area contributed by atoms with E-state index in [1.165, 1.54) is 0 Å². The van der Waals surface area contributed by atoms with Gasteiger partial charge in [-0.2, -0.15) is 0 Å². The molecule has 24 heavy (non-hydrogen) atoms. The molecule has 132 valence electrons. The van der Waals surface area contributed by atoms with Gasteiger partial charge in [0, 0.05) is 18.7 Å². The zero-order valence-electron chi connectivity index (χ0n) is 14.4. The van der Waals surface area contributed by atoms with Crippen molar-refractivity contribution in [2.24, 2.45) is 0 Å². The van der Waals surface area contributed by atoms with E-state index in [0.29, 0.717) is 30.3 Å². The number of rotatable bonds is 8. The lowest BCUT2D eigenvalue weighted by molar-refractivity contribution is -0.00000584. The summed E-state index contributed by atoms with van der Waals surface area (Å²) in [5.41, 5.74) is 2.16. The van der Waals surface area contributed by atoms with Gasteiger partial charge in [-0.15, -0.1) is 0 Å². The van der Waals surface area contributed by atoms with Crippen molar-refractivity contribution in [3.05, 3.63) is 47.5 Å². The van der Waals surface area contributed by atoms with Crippen LogP contribution in [0.15, 0.2) is 36.4 Å². The van der Waals surface area contributed by atoms with Crippen LogP contribution in [0, 0.1) is 0 Å². The van der Waals surface area contributed by atoms with Crippen LogP contribution in [0.25, 0.3) is 0 Å². The van der Waals surface area contributed by atoms with Crippen LogP contribution < -0.4 is 36.7 Å². The van der Waals surface area contributed by atoms with Gasteiger partial charge in [0.05, 0.1) is 28.4 Å². The second kappa shape index (κ2) is 9.90. The molecule has 0 aliphatic carbocycles. The van der Waals surface area contributed by atoms with Crippen LogP contribution in [0.1, 0.15) is 11.1 Å². The van der Waals surface area contributed by atoms with Crippen LogP contribution >= 0.6 is 0 Å². The number of para-hydroxylation sites is 1. The molecular weight excluding hydrogens is 330 g/mol. The van der Waals surface area contributed by atoms with Crippen molar-refractivity contribution in [3.8, 4) is 23.0 Å². The maximum atomic E-state index is 5.37. The highest BCUT2D eigenvalue weighted by Gasteiger charge is 2.13. The third kappa shape index (κ3) is 4.69. The standard InChI is InChI=1S/C18H23NO4.ClH/c1-20-15-8-6-5-7-14(15)12-19-11-13-9-16(21-2)18(23-4)17(10-13)22-3;/h5-10,19H,11-12H2,1-4H3;1H/p-1. The van der Waals surface area contributed by atoms with Gasteiger partial charge in [-0.05, 0) is 23.8 Å². The van der Waals surface area contributed by atoms with Crippen LogP contribution in [0.5, 0.6) is 23.0 Å². The summed E-state index contributed by atoms with van der Waals surface area (Å²) in [6, 6.07) is 11.8. The Labute approximate surface area is 149 Å². The van der Waals surface area contributed by atoms with Crippen LogP contribution in [-0.4, -0.2) is 28.4 Å². The van der Waals surface area contributed by atoms with E-state index in [-0.39, 0.29) is 12.4 Å². The van der Waals surface area contributed by atoms with Gasteiger partial charge in [0.1, 0.15) is 5.75 Å². The second-order valence-electron chi connectivity index (χ2n) is 4.95. The lowest BCUT2D eigenvalue weighted by atomic mass is 10.1. The Morgan fingerprint density at radius 3 is 1.88 bits per heavy atom. The van der Waals surface area contributed by atoms with Crippen LogP contribution in [-0.2, 0) is 13.1 Å². The Hall–Kier alpha value is -2.11. The first-order valence-electron chi connectivity index (χ1n) is 7.35. The van der Waals surface area contributed by atoms with Crippen molar-refractivity contribution in [1.29, 1.82) is 0 Å². The molecule has 0 aromatic heterocycles. The fourth-order valence-corrected chi connectivity index (χ4v) is 2.43. The van der Waals surface area contributed by atoms with Gasteiger partial charge in [-0.25, -0.2) is 0 Å².